The Hall–Kier alpha value is -1.62. The molecule has 1 aliphatic rings. The Labute approximate surface area is 125 Å². The van der Waals surface area contributed by atoms with Crippen LogP contribution in [0.1, 0.15) is 61.5 Å². The second-order valence-corrected chi connectivity index (χ2v) is 5.74. The van der Waals surface area contributed by atoms with E-state index in [1.165, 1.54) is 0 Å². The van der Waals surface area contributed by atoms with E-state index >= 15 is 0 Å². The summed E-state index contributed by atoms with van der Waals surface area (Å²) in [6.45, 7) is 2.04. The molecule has 3 N–H and O–H groups in total. The van der Waals surface area contributed by atoms with Crippen molar-refractivity contribution in [3.05, 3.63) is 23.4 Å². The molecule has 1 aromatic heterocycles. The molecule has 116 valence electrons. The molecule has 0 radical (unpaired) electrons. The van der Waals surface area contributed by atoms with Crippen molar-refractivity contribution < 1.29 is 15.0 Å². The van der Waals surface area contributed by atoms with Gasteiger partial charge < -0.3 is 15.5 Å². The van der Waals surface area contributed by atoms with Crippen LogP contribution in [0.25, 0.3) is 0 Å². The summed E-state index contributed by atoms with van der Waals surface area (Å²) < 4.78 is 0. The van der Waals surface area contributed by atoms with E-state index in [4.69, 9.17) is 0 Å². The smallest absolute Gasteiger partial charge is 0.335 e. The van der Waals surface area contributed by atoms with Crippen LogP contribution in [0, 0.1) is 0 Å². The number of aromatic nitrogens is 1. The topological polar surface area (TPSA) is 82.5 Å². The number of pyridine rings is 1. The highest BCUT2D eigenvalue weighted by Crippen LogP contribution is 2.22. The number of aryl methyl sites for hydroxylation is 1. The van der Waals surface area contributed by atoms with E-state index in [0.29, 0.717) is 5.82 Å². The molecule has 2 atom stereocenters. The number of aliphatic hydroxyl groups is 1. The van der Waals surface area contributed by atoms with Crippen LogP contribution in [-0.4, -0.2) is 33.3 Å². The van der Waals surface area contributed by atoms with E-state index in [1.807, 2.05) is 6.92 Å². The number of anilines is 1. The monoisotopic (exact) mass is 292 g/mol. The number of carbonyl (C=O) groups is 1. The average molecular weight is 292 g/mol. The van der Waals surface area contributed by atoms with Crippen LogP contribution in [0.2, 0.25) is 0 Å². The first-order chi connectivity index (χ1) is 10.1. The van der Waals surface area contributed by atoms with Crippen LogP contribution < -0.4 is 5.32 Å². The van der Waals surface area contributed by atoms with E-state index in [9.17, 15) is 15.0 Å². The fraction of sp³-hybridized carbons (Fsp3) is 0.625. The Morgan fingerprint density at radius 2 is 2.10 bits per heavy atom. The highest BCUT2D eigenvalue weighted by molar-refractivity contribution is 5.88. The number of rotatable bonds is 5. The van der Waals surface area contributed by atoms with Gasteiger partial charge in [-0.25, -0.2) is 9.78 Å². The number of aliphatic hydroxyl groups excluding tert-OH is 1. The zero-order valence-corrected chi connectivity index (χ0v) is 12.5. The van der Waals surface area contributed by atoms with Crippen LogP contribution in [0.4, 0.5) is 5.82 Å². The average Bonchev–Trinajstić information content (AvgIpc) is 2.64. The highest BCUT2D eigenvalue weighted by Gasteiger charge is 2.22. The maximum Gasteiger partial charge on any atom is 0.335 e. The van der Waals surface area contributed by atoms with Crippen molar-refractivity contribution in [2.24, 2.45) is 0 Å². The van der Waals surface area contributed by atoms with Crippen LogP contribution in [0.5, 0.6) is 0 Å². The summed E-state index contributed by atoms with van der Waals surface area (Å²) in [5.41, 5.74) is 1.03. The Kier molecular flexibility index (Phi) is 5.56. The molecular weight excluding hydrogens is 268 g/mol. The normalized spacial score (nSPS) is 22.6. The number of aromatic carboxylic acids is 1. The van der Waals surface area contributed by atoms with Gasteiger partial charge in [0, 0.05) is 5.69 Å². The van der Waals surface area contributed by atoms with Crippen molar-refractivity contribution in [1.82, 2.24) is 4.98 Å². The Morgan fingerprint density at radius 1 is 1.33 bits per heavy atom. The predicted molar refractivity (Wildman–Crippen MR) is 81.7 cm³/mol. The first-order valence-corrected chi connectivity index (χ1v) is 7.79. The van der Waals surface area contributed by atoms with Crippen LogP contribution in [0.15, 0.2) is 12.1 Å². The molecule has 0 bridgehead atoms. The lowest BCUT2D eigenvalue weighted by Crippen LogP contribution is -2.33. The van der Waals surface area contributed by atoms with Gasteiger partial charge >= 0.3 is 5.97 Å². The molecule has 1 aliphatic carbocycles. The van der Waals surface area contributed by atoms with Crippen LogP contribution in [-0.2, 0) is 6.42 Å². The summed E-state index contributed by atoms with van der Waals surface area (Å²) in [5, 5.41) is 22.6. The van der Waals surface area contributed by atoms with Gasteiger partial charge in [-0.05, 0) is 31.4 Å². The molecule has 1 heterocycles. The number of nitrogens with zero attached hydrogens (tertiary/aromatic N) is 1. The van der Waals surface area contributed by atoms with Gasteiger partial charge in [0.15, 0.2) is 0 Å². The third kappa shape index (κ3) is 4.43. The summed E-state index contributed by atoms with van der Waals surface area (Å²) in [6.07, 6.45) is 6.22. The van der Waals surface area contributed by atoms with Crippen molar-refractivity contribution in [2.75, 3.05) is 5.32 Å². The fourth-order valence-electron chi connectivity index (χ4n) is 2.82. The van der Waals surface area contributed by atoms with Crippen molar-refractivity contribution >= 4 is 11.8 Å². The number of hydrogen-bond acceptors (Lipinski definition) is 4. The molecule has 0 saturated heterocycles. The lowest BCUT2D eigenvalue weighted by Gasteiger charge is -2.22. The number of hydrogen-bond donors (Lipinski definition) is 3. The van der Waals surface area contributed by atoms with E-state index in [0.717, 1.165) is 50.6 Å². The van der Waals surface area contributed by atoms with Gasteiger partial charge in [0.1, 0.15) is 5.82 Å². The third-order valence-corrected chi connectivity index (χ3v) is 3.94. The summed E-state index contributed by atoms with van der Waals surface area (Å²) >= 11 is 0. The molecule has 1 fully saturated rings. The van der Waals surface area contributed by atoms with Crippen molar-refractivity contribution in [1.29, 1.82) is 0 Å². The Balaban J connectivity index is 2.19. The van der Waals surface area contributed by atoms with Gasteiger partial charge in [-0.1, -0.05) is 32.6 Å². The largest absolute Gasteiger partial charge is 0.478 e. The molecule has 0 amide bonds. The second-order valence-electron chi connectivity index (χ2n) is 5.74. The van der Waals surface area contributed by atoms with Gasteiger partial charge in [-0.3, -0.25) is 0 Å². The van der Waals surface area contributed by atoms with E-state index in [1.54, 1.807) is 12.1 Å². The van der Waals surface area contributed by atoms with Gasteiger partial charge in [0.05, 0.1) is 17.7 Å². The van der Waals surface area contributed by atoms with Gasteiger partial charge in [0.25, 0.3) is 0 Å². The minimum Gasteiger partial charge on any atom is -0.478 e. The Bertz CT molecular complexity index is 490. The Morgan fingerprint density at radius 3 is 2.81 bits per heavy atom. The van der Waals surface area contributed by atoms with E-state index < -0.39 is 12.1 Å². The molecule has 1 aromatic rings. The second kappa shape index (κ2) is 7.41. The lowest BCUT2D eigenvalue weighted by atomic mass is 10.1. The molecule has 0 aromatic carbocycles. The van der Waals surface area contributed by atoms with Crippen molar-refractivity contribution in [3.63, 3.8) is 0 Å². The zero-order valence-electron chi connectivity index (χ0n) is 12.5. The summed E-state index contributed by atoms with van der Waals surface area (Å²) in [6, 6.07) is 3.14. The highest BCUT2D eigenvalue weighted by atomic mass is 16.4. The number of nitrogens with one attached hydrogen (secondary N) is 1. The van der Waals surface area contributed by atoms with Gasteiger partial charge in [-0.2, -0.15) is 0 Å². The van der Waals surface area contributed by atoms with Crippen LogP contribution in [0.3, 0.4) is 0 Å². The zero-order chi connectivity index (χ0) is 15.2. The predicted octanol–water partition coefficient (Wildman–Crippen LogP) is 2.84. The number of carboxylic acids is 1. The molecule has 0 aliphatic heterocycles. The quantitative estimate of drug-likeness (QED) is 0.727. The first kappa shape index (κ1) is 15.8. The summed E-state index contributed by atoms with van der Waals surface area (Å²) in [7, 11) is 0. The summed E-state index contributed by atoms with van der Waals surface area (Å²) in [5.74, 6) is -0.386. The molecule has 21 heavy (non-hydrogen) atoms. The van der Waals surface area contributed by atoms with Gasteiger partial charge in [0.2, 0.25) is 0 Å². The molecule has 2 unspecified atom stereocenters. The lowest BCUT2D eigenvalue weighted by molar-refractivity contribution is 0.0696. The van der Waals surface area contributed by atoms with Crippen LogP contribution >= 0.6 is 0 Å². The number of carboxylic acid groups (broad SMARTS) is 1. The van der Waals surface area contributed by atoms with E-state index in [2.05, 4.69) is 10.3 Å². The molecule has 0 spiro atoms. The molecule has 5 nitrogen and oxygen atoms in total. The molecule has 5 heteroatoms. The third-order valence-electron chi connectivity index (χ3n) is 3.94. The molecule has 2 rings (SSSR count). The molecule has 1 saturated carbocycles. The van der Waals surface area contributed by atoms with Gasteiger partial charge in [-0.15, -0.1) is 0 Å². The summed E-state index contributed by atoms with van der Waals surface area (Å²) in [4.78, 5) is 15.7. The maximum absolute atomic E-state index is 11.2. The minimum absolute atomic E-state index is 0.0430. The fourth-order valence-corrected chi connectivity index (χ4v) is 2.82. The van der Waals surface area contributed by atoms with E-state index in [-0.39, 0.29) is 11.6 Å². The molecular formula is C16H24N2O3. The SMILES string of the molecule is CCCc1cc(C(=O)O)cc(NC2CCCCCC2O)n1. The minimum atomic E-state index is -0.945. The maximum atomic E-state index is 11.2. The van der Waals surface area contributed by atoms with Crippen molar-refractivity contribution in [3.8, 4) is 0 Å². The first-order valence-electron chi connectivity index (χ1n) is 7.79. The van der Waals surface area contributed by atoms with Crippen molar-refractivity contribution in [2.45, 2.75) is 64.0 Å². The standard InChI is InChI=1S/C16H24N2O3/c1-2-6-12-9-11(16(20)21)10-15(17-12)18-13-7-4-3-5-8-14(13)19/h9-10,13-14,19H,2-8H2,1H3,(H,17,18)(H,20,21).